The zero-order chi connectivity index (χ0) is 17.4. The second-order valence-corrected chi connectivity index (χ2v) is 6.62. The van der Waals surface area contributed by atoms with E-state index in [1.54, 1.807) is 12.5 Å². The first-order chi connectivity index (χ1) is 11.5. The van der Waals surface area contributed by atoms with Crippen LogP contribution < -0.4 is 10.6 Å². The van der Waals surface area contributed by atoms with E-state index in [-0.39, 0.29) is 29.4 Å². The van der Waals surface area contributed by atoms with Crippen LogP contribution in [0.1, 0.15) is 12.5 Å². The van der Waals surface area contributed by atoms with Crippen LogP contribution in [0.25, 0.3) is 0 Å². The summed E-state index contributed by atoms with van der Waals surface area (Å²) in [6.07, 6.45) is 5.27. The summed E-state index contributed by atoms with van der Waals surface area (Å²) in [5.74, 6) is 0.325. The molecular formula is C17H22N4O2S. The molecule has 0 saturated heterocycles. The average Bonchev–Trinajstić information content (AvgIpc) is 3.02. The zero-order valence-electron chi connectivity index (χ0n) is 13.9. The summed E-state index contributed by atoms with van der Waals surface area (Å²) in [6.45, 7) is 4.60. The number of carbonyl (C=O) groups excluding carboxylic acids is 2. The zero-order valence-corrected chi connectivity index (χ0v) is 14.7. The maximum absolute atomic E-state index is 11.9. The van der Waals surface area contributed by atoms with Gasteiger partial charge in [0.1, 0.15) is 0 Å². The molecule has 0 fully saturated rings. The maximum atomic E-state index is 11.9. The Balaban J connectivity index is 1.62. The molecule has 128 valence electrons. The van der Waals surface area contributed by atoms with Gasteiger partial charge in [0.2, 0.25) is 11.8 Å². The predicted molar refractivity (Wildman–Crippen MR) is 97.0 cm³/mol. The van der Waals surface area contributed by atoms with Gasteiger partial charge in [0.05, 0.1) is 17.8 Å². The Morgan fingerprint density at radius 3 is 2.58 bits per heavy atom. The fourth-order valence-electron chi connectivity index (χ4n) is 2.14. The van der Waals surface area contributed by atoms with E-state index in [1.807, 2.05) is 48.9 Å². The molecule has 1 unspecified atom stereocenters. The largest absolute Gasteiger partial charge is 0.351 e. The lowest BCUT2D eigenvalue weighted by Gasteiger charge is -2.14. The number of benzene rings is 1. The lowest BCUT2D eigenvalue weighted by Crippen LogP contribution is -2.36. The average molecular weight is 346 g/mol. The van der Waals surface area contributed by atoms with Gasteiger partial charge in [-0.1, -0.05) is 17.7 Å². The molecule has 1 aromatic carbocycles. The van der Waals surface area contributed by atoms with E-state index in [1.165, 1.54) is 11.8 Å². The lowest BCUT2D eigenvalue weighted by atomic mass is 10.2. The second-order valence-electron chi connectivity index (χ2n) is 5.64. The number of imidazole rings is 1. The van der Waals surface area contributed by atoms with Crippen LogP contribution in [0.15, 0.2) is 43.0 Å². The molecule has 6 nitrogen and oxygen atoms in total. The number of aryl methyl sites for hydroxylation is 1. The minimum absolute atomic E-state index is 0.00804. The van der Waals surface area contributed by atoms with Crippen molar-refractivity contribution in [3.05, 3.63) is 48.5 Å². The van der Waals surface area contributed by atoms with Gasteiger partial charge in [0.15, 0.2) is 0 Å². The van der Waals surface area contributed by atoms with Gasteiger partial charge in [0.25, 0.3) is 0 Å². The minimum Gasteiger partial charge on any atom is -0.351 e. The minimum atomic E-state index is -0.108. The molecule has 2 N–H and O–H groups in total. The van der Waals surface area contributed by atoms with E-state index in [9.17, 15) is 9.59 Å². The molecule has 7 heteroatoms. The van der Waals surface area contributed by atoms with Gasteiger partial charge in [-0.05, 0) is 26.0 Å². The number of hydrogen-bond donors (Lipinski definition) is 2. The molecule has 0 aliphatic carbocycles. The number of amides is 2. The van der Waals surface area contributed by atoms with E-state index in [4.69, 9.17) is 0 Å². The molecule has 0 bridgehead atoms. The van der Waals surface area contributed by atoms with Crippen molar-refractivity contribution in [1.82, 2.24) is 14.9 Å². The second kappa shape index (κ2) is 9.12. The highest BCUT2D eigenvalue weighted by Gasteiger charge is 2.09. The van der Waals surface area contributed by atoms with Crippen molar-refractivity contribution in [3.63, 3.8) is 0 Å². The molecule has 2 aromatic rings. The smallest absolute Gasteiger partial charge is 0.234 e. The van der Waals surface area contributed by atoms with Gasteiger partial charge in [-0.25, -0.2) is 4.98 Å². The van der Waals surface area contributed by atoms with Crippen LogP contribution in [0.2, 0.25) is 0 Å². The van der Waals surface area contributed by atoms with Crippen molar-refractivity contribution in [2.45, 2.75) is 26.4 Å². The molecule has 2 rings (SSSR count). The van der Waals surface area contributed by atoms with Crippen LogP contribution in [-0.2, 0) is 16.1 Å². The highest BCUT2D eigenvalue weighted by molar-refractivity contribution is 8.00. The summed E-state index contributed by atoms with van der Waals surface area (Å²) in [7, 11) is 0. The molecule has 0 radical (unpaired) electrons. The third kappa shape index (κ3) is 6.45. The number of aromatic nitrogens is 2. The molecule has 24 heavy (non-hydrogen) atoms. The Morgan fingerprint density at radius 1 is 1.21 bits per heavy atom. The number of rotatable bonds is 8. The highest BCUT2D eigenvalue weighted by atomic mass is 32.2. The molecule has 1 aromatic heterocycles. The highest BCUT2D eigenvalue weighted by Crippen LogP contribution is 2.09. The summed E-state index contributed by atoms with van der Waals surface area (Å²) >= 11 is 1.30. The predicted octanol–water partition coefficient (Wildman–Crippen LogP) is 2.07. The standard InChI is InChI=1S/C17H22N4O2S/c1-13-3-5-15(6-4-13)20-17(23)11-24-10-16(22)19-14(2)9-21-8-7-18-12-21/h3-8,12,14H,9-11H2,1-2H3,(H,19,22)(H,20,23). The summed E-state index contributed by atoms with van der Waals surface area (Å²) in [5.41, 5.74) is 1.91. The number of carbonyl (C=O) groups is 2. The van der Waals surface area contributed by atoms with Crippen molar-refractivity contribution in [1.29, 1.82) is 0 Å². The van der Waals surface area contributed by atoms with Gasteiger partial charge in [-0.2, -0.15) is 0 Å². The Morgan fingerprint density at radius 2 is 1.92 bits per heavy atom. The third-order valence-electron chi connectivity index (χ3n) is 3.25. The Hall–Kier alpha value is -2.28. The van der Waals surface area contributed by atoms with Gasteiger partial charge in [0, 0.05) is 30.7 Å². The van der Waals surface area contributed by atoms with E-state index in [0.717, 1.165) is 11.3 Å². The van der Waals surface area contributed by atoms with Crippen molar-refractivity contribution in [3.8, 4) is 0 Å². The monoisotopic (exact) mass is 346 g/mol. The van der Waals surface area contributed by atoms with Gasteiger partial charge in [-0.3, -0.25) is 9.59 Å². The first kappa shape index (κ1) is 18.1. The molecular weight excluding hydrogens is 324 g/mol. The van der Waals surface area contributed by atoms with Gasteiger partial charge >= 0.3 is 0 Å². The van der Waals surface area contributed by atoms with Crippen LogP contribution in [-0.4, -0.2) is 38.9 Å². The molecule has 2 amide bonds. The van der Waals surface area contributed by atoms with Crippen LogP contribution in [0, 0.1) is 6.92 Å². The SMILES string of the molecule is Cc1ccc(NC(=O)CSCC(=O)NC(C)Cn2ccnc2)cc1. The van der Waals surface area contributed by atoms with Crippen LogP contribution in [0.3, 0.4) is 0 Å². The summed E-state index contributed by atoms with van der Waals surface area (Å²) in [6, 6.07) is 7.62. The molecule has 0 aliphatic rings. The third-order valence-corrected chi connectivity index (χ3v) is 4.19. The number of thioether (sulfide) groups is 1. The van der Waals surface area contributed by atoms with Crippen molar-refractivity contribution >= 4 is 29.3 Å². The summed E-state index contributed by atoms with van der Waals surface area (Å²) < 4.78 is 1.91. The number of nitrogens with zero attached hydrogens (tertiary/aromatic N) is 2. The van der Waals surface area contributed by atoms with Gasteiger partial charge in [-0.15, -0.1) is 11.8 Å². The molecule has 1 atom stereocenters. The molecule has 0 aliphatic heterocycles. The molecule has 1 heterocycles. The first-order valence-corrected chi connectivity index (χ1v) is 8.88. The van der Waals surface area contributed by atoms with Crippen LogP contribution in [0.4, 0.5) is 5.69 Å². The Kier molecular flexibility index (Phi) is 6.87. The number of nitrogens with one attached hydrogen (secondary N) is 2. The van der Waals surface area contributed by atoms with Gasteiger partial charge < -0.3 is 15.2 Å². The van der Waals surface area contributed by atoms with Crippen molar-refractivity contribution < 1.29 is 9.59 Å². The van der Waals surface area contributed by atoms with Crippen molar-refractivity contribution in [2.75, 3.05) is 16.8 Å². The van der Waals surface area contributed by atoms with Crippen LogP contribution >= 0.6 is 11.8 Å². The van der Waals surface area contributed by atoms with E-state index >= 15 is 0 Å². The van der Waals surface area contributed by atoms with E-state index in [2.05, 4.69) is 15.6 Å². The first-order valence-electron chi connectivity index (χ1n) is 7.72. The Bertz CT molecular complexity index is 656. The Labute approximate surface area is 146 Å². The van der Waals surface area contributed by atoms with Crippen LogP contribution in [0.5, 0.6) is 0 Å². The fourth-order valence-corrected chi connectivity index (χ4v) is 2.77. The lowest BCUT2D eigenvalue weighted by molar-refractivity contribution is -0.119. The fraction of sp³-hybridized carbons (Fsp3) is 0.353. The maximum Gasteiger partial charge on any atom is 0.234 e. The normalized spacial score (nSPS) is 11.8. The molecule has 0 spiro atoms. The number of hydrogen-bond acceptors (Lipinski definition) is 4. The quantitative estimate of drug-likeness (QED) is 0.767. The molecule has 0 saturated carbocycles. The van der Waals surface area contributed by atoms with E-state index < -0.39 is 0 Å². The topological polar surface area (TPSA) is 76.0 Å². The van der Waals surface area contributed by atoms with E-state index in [0.29, 0.717) is 6.54 Å². The van der Waals surface area contributed by atoms with Crippen molar-refractivity contribution in [2.24, 2.45) is 0 Å². The number of anilines is 1. The summed E-state index contributed by atoms with van der Waals surface area (Å²) in [5, 5.41) is 5.72. The summed E-state index contributed by atoms with van der Waals surface area (Å²) in [4.78, 5) is 27.7.